The zero-order valence-electron chi connectivity index (χ0n) is 12.8. The topological polar surface area (TPSA) is 71.0 Å². The molecule has 1 amide bonds. The van der Waals surface area contributed by atoms with Gasteiger partial charge in [0.15, 0.2) is 0 Å². The monoisotopic (exact) mass is 297 g/mol. The van der Waals surface area contributed by atoms with Gasteiger partial charge >= 0.3 is 0 Å². The molecule has 3 heterocycles. The van der Waals surface area contributed by atoms with Crippen LogP contribution in [0.4, 0.5) is 11.6 Å². The minimum absolute atomic E-state index is 0.246. The second-order valence-corrected chi connectivity index (χ2v) is 5.43. The molecule has 22 heavy (non-hydrogen) atoms. The van der Waals surface area contributed by atoms with E-state index in [0.717, 1.165) is 30.4 Å². The van der Waals surface area contributed by atoms with Crippen molar-refractivity contribution in [1.82, 2.24) is 15.0 Å². The first-order valence-electron chi connectivity index (χ1n) is 7.48. The summed E-state index contributed by atoms with van der Waals surface area (Å²) in [5, 5.41) is 2.87. The van der Waals surface area contributed by atoms with Gasteiger partial charge in [0.05, 0.1) is 17.1 Å². The van der Waals surface area contributed by atoms with Gasteiger partial charge in [-0.25, -0.2) is 9.97 Å². The third kappa shape index (κ3) is 2.90. The molecule has 6 nitrogen and oxygen atoms in total. The predicted molar refractivity (Wildman–Crippen MR) is 85.1 cm³/mol. The Morgan fingerprint density at radius 3 is 2.41 bits per heavy atom. The SMILES string of the molecule is Cc1nc(N2CCCC2)nc(C)c1NC(=O)c1ccccn1. The van der Waals surface area contributed by atoms with Gasteiger partial charge in [-0.15, -0.1) is 0 Å². The van der Waals surface area contributed by atoms with E-state index in [9.17, 15) is 4.79 Å². The standard InChI is InChI=1S/C16H19N5O/c1-11-14(20-15(22)13-7-3-4-8-17-13)12(2)19-16(18-11)21-9-5-6-10-21/h3-4,7-8H,5-6,9-10H2,1-2H3,(H,20,22). The van der Waals surface area contributed by atoms with Crippen LogP contribution < -0.4 is 10.2 Å². The summed E-state index contributed by atoms with van der Waals surface area (Å²) in [6, 6.07) is 5.25. The van der Waals surface area contributed by atoms with Gasteiger partial charge in [0, 0.05) is 19.3 Å². The smallest absolute Gasteiger partial charge is 0.274 e. The molecule has 0 radical (unpaired) electrons. The van der Waals surface area contributed by atoms with E-state index in [1.54, 1.807) is 24.4 Å². The maximum absolute atomic E-state index is 12.2. The van der Waals surface area contributed by atoms with Crippen molar-refractivity contribution < 1.29 is 4.79 Å². The number of hydrogen-bond acceptors (Lipinski definition) is 5. The maximum Gasteiger partial charge on any atom is 0.274 e. The molecule has 0 atom stereocenters. The van der Waals surface area contributed by atoms with Crippen LogP contribution in [0.1, 0.15) is 34.7 Å². The molecule has 2 aromatic rings. The molecule has 2 aromatic heterocycles. The molecule has 0 aromatic carbocycles. The molecular formula is C16H19N5O. The molecule has 1 N–H and O–H groups in total. The Labute approximate surface area is 129 Å². The van der Waals surface area contributed by atoms with Crippen LogP contribution in [-0.2, 0) is 0 Å². The first-order chi connectivity index (χ1) is 10.6. The minimum Gasteiger partial charge on any atom is -0.341 e. The Morgan fingerprint density at radius 2 is 1.82 bits per heavy atom. The molecule has 1 fully saturated rings. The normalized spacial score (nSPS) is 14.2. The predicted octanol–water partition coefficient (Wildman–Crippen LogP) is 2.34. The van der Waals surface area contributed by atoms with E-state index >= 15 is 0 Å². The third-order valence-electron chi connectivity index (χ3n) is 3.78. The second-order valence-electron chi connectivity index (χ2n) is 5.43. The number of rotatable bonds is 3. The van der Waals surface area contributed by atoms with Crippen molar-refractivity contribution in [3.63, 3.8) is 0 Å². The Hall–Kier alpha value is -2.50. The highest BCUT2D eigenvalue weighted by atomic mass is 16.1. The number of aryl methyl sites for hydroxylation is 2. The molecule has 0 unspecified atom stereocenters. The van der Waals surface area contributed by atoms with Gasteiger partial charge in [-0.2, -0.15) is 0 Å². The van der Waals surface area contributed by atoms with Crippen LogP contribution in [0.15, 0.2) is 24.4 Å². The molecule has 0 spiro atoms. The largest absolute Gasteiger partial charge is 0.341 e. The van der Waals surface area contributed by atoms with Crippen LogP contribution in [0.25, 0.3) is 0 Å². The number of carbonyl (C=O) groups excluding carboxylic acids is 1. The van der Waals surface area contributed by atoms with E-state index in [1.807, 2.05) is 13.8 Å². The van der Waals surface area contributed by atoms with Crippen molar-refractivity contribution in [3.8, 4) is 0 Å². The number of aromatic nitrogens is 3. The van der Waals surface area contributed by atoms with Crippen LogP contribution in [0.2, 0.25) is 0 Å². The number of amides is 1. The van der Waals surface area contributed by atoms with Gasteiger partial charge in [-0.1, -0.05) is 6.07 Å². The molecule has 3 rings (SSSR count). The average molecular weight is 297 g/mol. The molecule has 1 aliphatic rings. The summed E-state index contributed by atoms with van der Waals surface area (Å²) < 4.78 is 0. The molecule has 0 aliphatic carbocycles. The van der Waals surface area contributed by atoms with E-state index in [1.165, 1.54) is 12.8 Å². The summed E-state index contributed by atoms with van der Waals surface area (Å²) in [6.45, 7) is 5.78. The number of carbonyl (C=O) groups is 1. The van der Waals surface area contributed by atoms with Crippen molar-refractivity contribution >= 4 is 17.5 Å². The molecule has 1 saturated heterocycles. The molecule has 0 bridgehead atoms. The summed E-state index contributed by atoms with van der Waals surface area (Å²) in [6.07, 6.45) is 3.96. The van der Waals surface area contributed by atoms with Gasteiger partial charge in [0.2, 0.25) is 5.95 Å². The first kappa shape index (κ1) is 14.4. The fourth-order valence-corrected chi connectivity index (χ4v) is 2.61. The zero-order chi connectivity index (χ0) is 15.5. The lowest BCUT2D eigenvalue weighted by atomic mass is 10.2. The lowest BCUT2D eigenvalue weighted by Crippen LogP contribution is -2.22. The highest BCUT2D eigenvalue weighted by molar-refractivity contribution is 6.03. The van der Waals surface area contributed by atoms with Gasteiger partial charge in [0.1, 0.15) is 5.69 Å². The summed E-state index contributed by atoms with van der Waals surface area (Å²) in [5.41, 5.74) is 2.60. The Bertz CT molecular complexity index is 657. The number of pyridine rings is 1. The maximum atomic E-state index is 12.2. The van der Waals surface area contributed by atoms with E-state index in [-0.39, 0.29) is 5.91 Å². The van der Waals surface area contributed by atoms with Crippen molar-refractivity contribution in [2.24, 2.45) is 0 Å². The zero-order valence-corrected chi connectivity index (χ0v) is 12.8. The van der Waals surface area contributed by atoms with Crippen LogP contribution in [0, 0.1) is 13.8 Å². The number of nitrogens with zero attached hydrogens (tertiary/aromatic N) is 4. The number of anilines is 2. The van der Waals surface area contributed by atoms with Gasteiger partial charge in [-0.05, 0) is 38.8 Å². The van der Waals surface area contributed by atoms with Gasteiger partial charge in [-0.3, -0.25) is 9.78 Å². The summed E-state index contributed by atoms with van der Waals surface area (Å²) >= 11 is 0. The third-order valence-corrected chi connectivity index (χ3v) is 3.78. The molecule has 6 heteroatoms. The molecule has 114 valence electrons. The lowest BCUT2D eigenvalue weighted by Gasteiger charge is -2.18. The molecular weight excluding hydrogens is 278 g/mol. The Morgan fingerprint density at radius 1 is 1.14 bits per heavy atom. The van der Waals surface area contributed by atoms with Gasteiger partial charge < -0.3 is 10.2 Å². The molecule has 0 saturated carbocycles. The van der Waals surface area contributed by atoms with Crippen LogP contribution in [0.3, 0.4) is 0 Å². The van der Waals surface area contributed by atoms with E-state index < -0.39 is 0 Å². The van der Waals surface area contributed by atoms with Crippen molar-refractivity contribution in [3.05, 3.63) is 41.5 Å². The quantitative estimate of drug-likeness (QED) is 0.941. The highest BCUT2D eigenvalue weighted by Crippen LogP contribution is 2.23. The molecule has 1 aliphatic heterocycles. The Kier molecular flexibility index (Phi) is 4.00. The van der Waals surface area contributed by atoms with Crippen molar-refractivity contribution in [2.45, 2.75) is 26.7 Å². The van der Waals surface area contributed by atoms with E-state index in [0.29, 0.717) is 11.4 Å². The Balaban J connectivity index is 1.83. The average Bonchev–Trinajstić information content (AvgIpc) is 3.06. The second kappa shape index (κ2) is 6.09. The fraction of sp³-hybridized carbons (Fsp3) is 0.375. The lowest BCUT2D eigenvalue weighted by molar-refractivity contribution is 0.102. The minimum atomic E-state index is -0.246. The summed E-state index contributed by atoms with van der Waals surface area (Å²) in [7, 11) is 0. The number of hydrogen-bond donors (Lipinski definition) is 1. The van der Waals surface area contributed by atoms with Crippen LogP contribution in [-0.4, -0.2) is 33.9 Å². The first-order valence-corrected chi connectivity index (χ1v) is 7.48. The van der Waals surface area contributed by atoms with Crippen molar-refractivity contribution in [1.29, 1.82) is 0 Å². The fourth-order valence-electron chi connectivity index (χ4n) is 2.61. The van der Waals surface area contributed by atoms with Gasteiger partial charge in [0.25, 0.3) is 5.91 Å². The number of nitrogens with one attached hydrogen (secondary N) is 1. The summed E-state index contributed by atoms with van der Waals surface area (Å²) in [5.74, 6) is 0.507. The van der Waals surface area contributed by atoms with Crippen molar-refractivity contribution in [2.75, 3.05) is 23.3 Å². The van der Waals surface area contributed by atoms with E-state index in [2.05, 4.69) is 25.2 Å². The van der Waals surface area contributed by atoms with E-state index in [4.69, 9.17) is 0 Å². The summed E-state index contributed by atoms with van der Waals surface area (Å²) in [4.78, 5) is 27.5. The highest BCUT2D eigenvalue weighted by Gasteiger charge is 2.18. The van der Waals surface area contributed by atoms with Crippen LogP contribution in [0.5, 0.6) is 0 Å². The van der Waals surface area contributed by atoms with Crippen LogP contribution >= 0.6 is 0 Å².